The number of allylic oxidation sites excluding steroid dienone is 3. The van der Waals surface area contributed by atoms with Crippen LogP contribution in [0.4, 0.5) is 0 Å². The number of nitrogens with two attached hydrogens (primary N) is 1. The van der Waals surface area contributed by atoms with Gasteiger partial charge in [0.2, 0.25) is 0 Å². The largest absolute Gasteiger partial charge is 0.405 e. The molecule has 2 N–H and O–H groups in total. The molecule has 0 spiro atoms. The summed E-state index contributed by atoms with van der Waals surface area (Å²) in [5.74, 6) is 0.763. The lowest BCUT2D eigenvalue weighted by Crippen LogP contribution is -2.01. The van der Waals surface area contributed by atoms with Crippen LogP contribution in [0.3, 0.4) is 0 Å². The monoisotopic (exact) mass is 283 g/mol. The molecule has 0 aliphatic heterocycles. The van der Waals surface area contributed by atoms with Gasteiger partial charge in [0.15, 0.2) is 0 Å². The smallest absolute Gasteiger partial charge is 0.0771 e. The molecule has 0 aliphatic carbocycles. The lowest BCUT2D eigenvalue weighted by atomic mass is 9.92. The zero-order chi connectivity index (χ0) is 15.4. The highest BCUT2D eigenvalue weighted by Crippen LogP contribution is 2.30. The Hall–Kier alpha value is -2.03. The summed E-state index contributed by atoms with van der Waals surface area (Å²) < 4.78 is 1.97. The summed E-state index contributed by atoms with van der Waals surface area (Å²) in [4.78, 5) is 0. The van der Waals surface area contributed by atoms with E-state index in [4.69, 9.17) is 10.8 Å². The number of rotatable bonds is 5. The van der Waals surface area contributed by atoms with Crippen molar-refractivity contribution in [2.24, 2.45) is 18.7 Å². The van der Waals surface area contributed by atoms with Gasteiger partial charge in [-0.25, -0.2) is 0 Å². The van der Waals surface area contributed by atoms with E-state index in [1.807, 2.05) is 17.8 Å². The molecule has 0 radical (unpaired) electrons. The minimum atomic E-state index is 0.310. The van der Waals surface area contributed by atoms with Crippen LogP contribution in [0.2, 0.25) is 0 Å². The average molecular weight is 283 g/mol. The summed E-state index contributed by atoms with van der Waals surface area (Å²) in [5, 5.41) is 5.99. The van der Waals surface area contributed by atoms with Crippen LogP contribution >= 0.6 is 0 Å². The van der Waals surface area contributed by atoms with Crippen molar-refractivity contribution in [3.63, 3.8) is 0 Å². The van der Waals surface area contributed by atoms with E-state index < -0.39 is 0 Å². The minimum absolute atomic E-state index is 0.310. The Morgan fingerprint density at radius 1 is 1.33 bits per heavy atom. The molecule has 2 rings (SSSR count). The van der Waals surface area contributed by atoms with E-state index in [9.17, 15) is 0 Å². The van der Waals surface area contributed by atoms with Crippen LogP contribution in [-0.2, 0) is 7.05 Å². The molecule has 3 heteroatoms. The van der Waals surface area contributed by atoms with Gasteiger partial charge in [0.1, 0.15) is 0 Å². The van der Waals surface area contributed by atoms with Gasteiger partial charge in [-0.2, -0.15) is 5.10 Å². The van der Waals surface area contributed by atoms with Gasteiger partial charge in [0, 0.05) is 18.4 Å². The summed E-state index contributed by atoms with van der Waals surface area (Å²) in [7, 11) is 2.01. The number of hydrogen-bond acceptors (Lipinski definition) is 2. The Labute approximate surface area is 127 Å². The normalized spacial score (nSPS) is 14.4. The second kappa shape index (κ2) is 6.61. The van der Waals surface area contributed by atoms with Crippen LogP contribution in [0, 0.1) is 5.92 Å². The molecule has 112 valence electrons. The molecule has 1 unspecified atom stereocenters. The van der Waals surface area contributed by atoms with Crippen LogP contribution < -0.4 is 5.73 Å². The van der Waals surface area contributed by atoms with Crippen molar-refractivity contribution < 1.29 is 0 Å². The van der Waals surface area contributed by atoms with Crippen molar-refractivity contribution in [1.29, 1.82) is 0 Å². The molecule has 0 amide bonds. The molecule has 0 saturated heterocycles. The van der Waals surface area contributed by atoms with E-state index >= 15 is 0 Å². The van der Waals surface area contributed by atoms with E-state index in [2.05, 4.69) is 51.1 Å². The topological polar surface area (TPSA) is 43.8 Å². The molecular formula is C18H25N3. The van der Waals surface area contributed by atoms with Gasteiger partial charge in [-0.1, -0.05) is 45.0 Å². The molecule has 1 aromatic heterocycles. The zero-order valence-corrected chi connectivity index (χ0v) is 13.4. The molecule has 2 aromatic rings. The van der Waals surface area contributed by atoms with E-state index in [-0.39, 0.29) is 0 Å². The predicted molar refractivity (Wildman–Crippen MR) is 90.0 cm³/mol. The highest BCUT2D eigenvalue weighted by atomic mass is 15.3. The van der Waals surface area contributed by atoms with E-state index in [0.717, 1.165) is 12.1 Å². The van der Waals surface area contributed by atoms with Crippen molar-refractivity contribution in [2.45, 2.75) is 33.1 Å². The summed E-state index contributed by atoms with van der Waals surface area (Å²) in [6.07, 6.45) is 6.95. The SMILES string of the molecule is CCC(/C=C(\C=C/N)C(C)C)c1nn(C)c2ccccc12. The number of aromatic nitrogens is 2. The van der Waals surface area contributed by atoms with Gasteiger partial charge in [-0.3, -0.25) is 4.68 Å². The summed E-state index contributed by atoms with van der Waals surface area (Å²) in [6.45, 7) is 6.58. The average Bonchev–Trinajstić information content (AvgIpc) is 2.81. The van der Waals surface area contributed by atoms with Crippen molar-refractivity contribution in [3.05, 3.63) is 53.9 Å². The third kappa shape index (κ3) is 3.18. The maximum atomic E-state index is 5.58. The number of benzene rings is 1. The number of para-hydroxylation sites is 1. The van der Waals surface area contributed by atoms with Crippen LogP contribution in [0.15, 0.2) is 48.2 Å². The Bertz CT molecular complexity index is 662. The van der Waals surface area contributed by atoms with Crippen LogP contribution in [0.25, 0.3) is 10.9 Å². The van der Waals surface area contributed by atoms with E-state index in [0.29, 0.717) is 11.8 Å². The van der Waals surface area contributed by atoms with Crippen LogP contribution in [0.1, 0.15) is 38.8 Å². The first-order valence-corrected chi connectivity index (χ1v) is 7.60. The summed E-state index contributed by atoms with van der Waals surface area (Å²) in [6, 6.07) is 8.40. The molecule has 21 heavy (non-hydrogen) atoms. The predicted octanol–water partition coefficient (Wildman–Crippen LogP) is 4.12. The van der Waals surface area contributed by atoms with Crippen molar-refractivity contribution in [1.82, 2.24) is 9.78 Å². The lowest BCUT2D eigenvalue weighted by molar-refractivity contribution is 0.699. The second-order valence-corrected chi connectivity index (χ2v) is 5.72. The molecule has 0 aliphatic rings. The quantitative estimate of drug-likeness (QED) is 0.839. The van der Waals surface area contributed by atoms with Crippen LogP contribution in [0.5, 0.6) is 0 Å². The van der Waals surface area contributed by atoms with Crippen molar-refractivity contribution >= 4 is 10.9 Å². The van der Waals surface area contributed by atoms with Crippen molar-refractivity contribution in [2.75, 3.05) is 0 Å². The second-order valence-electron chi connectivity index (χ2n) is 5.72. The molecule has 3 nitrogen and oxygen atoms in total. The van der Waals surface area contributed by atoms with Crippen molar-refractivity contribution in [3.8, 4) is 0 Å². The molecule has 0 fully saturated rings. The van der Waals surface area contributed by atoms with E-state index in [1.54, 1.807) is 6.20 Å². The maximum Gasteiger partial charge on any atom is 0.0771 e. The van der Waals surface area contributed by atoms with Gasteiger partial charge in [0.25, 0.3) is 0 Å². The molecular weight excluding hydrogens is 258 g/mol. The number of aryl methyl sites for hydroxylation is 1. The fourth-order valence-electron chi connectivity index (χ4n) is 2.69. The maximum absolute atomic E-state index is 5.58. The summed E-state index contributed by atoms with van der Waals surface area (Å²) >= 11 is 0. The first-order chi connectivity index (χ1) is 10.1. The lowest BCUT2D eigenvalue weighted by Gasteiger charge is -2.13. The Morgan fingerprint density at radius 3 is 2.67 bits per heavy atom. The number of fused-ring (bicyclic) bond motifs is 1. The fraction of sp³-hybridized carbons (Fsp3) is 0.389. The van der Waals surface area contributed by atoms with E-state index in [1.165, 1.54) is 16.5 Å². The molecule has 0 saturated carbocycles. The molecule has 0 bridgehead atoms. The van der Waals surface area contributed by atoms with Crippen LogP contribution in [-0.4, -0.2) is 9.78 Å². The Morgan fingerprint density at radius 2 is 2.05 bits per heavy atom. The zero-order valence-electron chi connectivity index (χ0n) is 13.4. The Balaban J connectivity index is 2.51. The Kier molecular flexibility index (Phi) is 4.84. The highest BCUT2D eigenvalue weighted by Gasteiger charge is 2.16. The van der Waals surface area contributed by atoms with Gasteiger partial charge in [0.05, 0.1) is 11.2 Å². The fourth-order valence-corrected chi connectivity index (χ4v) is 2.69. The minimum Gasteiger partial charge on any atom is -0.405 e. The van der Waals surface area contributed by atoms with Gasteiger partial charge < -0.3 is 5.73 Å². The van der Waals surface area contributed by atoms with Gasteiger partial charge in [-0.05, 0) is 36.3 Å². The number of hydrogen-bond donors (Lipinski definition) is 1. The molecule has 1 atom stereocenters. The first-order valence-electron chi connectivity index (χ1n) is 7.60. The van der Waals surface area contributed by atoms with Gasteiger partial charge >= 0.3 is 0 Å². The first kappa shape index (κ1) is 15.4. The standard InChI is InChI=1S/C18H25N3/c1-5-14(12-15(10-11-19)13(2)3)18-16-8-6-7-9-17(16)21(4)20-18/h6-14H,5,19H2,1-4H3/b11-10-,15-12+. The van der Waals surface area contributed by atoms with Gasteiger partial charge in [-0.15, -0.1) is 0 Å². The number of nitrogens with zero attached hydrogens (tertiary/aromatic N) is 2. The summed E-state index contributed by atoms with van der Waals surface area (Å²) in [5.41, 5.74) is 9.17. The third-order valence-corrected chi connectivity index (χ3v) is 3.93. The third-order valence-electron chi connectivity index (χ3n) is 3.93. The molecule has 1 aromatic carbocycles. The highest BCUT2D eigenvalue weighted by molar-refractivity contribution is 5.82. The molecule has 1 heterocycles.